The number of rotatable bonds is 6. The van der Waals surface area contributed by atoms with Crippen molar-refractivity contribution in [3.05, 3.63) is 78.3 Å². The van der Waals surface area contributed by atoms with E-state index >= 15 is 0 Å². The predicted molar refractivity (Wildman–Crippen MR) is 103 cm³/mol. The van der Waals surface area contributed by atoms with Crippen molar-refractivity contribution in [3.63, 3.8) is 0 Å². The molecule has 3 rings (SSSR count). The van der Waals surface area contributed by atoms with E-state index in [0.29, 0.717) is 13.1 Å². The van der Waals surface area contributed by atoms with Gasteiger partial charge in [0.05, 0.1) is 6.54 Å². The summed E-state index contributed by atoms with van der Waals surface area (Å²) >= 11 is 0. The highest BCUT2D eigenvalue weighted by Gasteiger charge is 2.11. The Hall–Kier alpha value is -3.21. The van der Waals surface area contributed by atoms with E-state index in [-0.39, 0.29) is 5.91 Å². The molecule has 0 fully saturated rings. The van der Waals surface area contributed by atoms with Crippen LogP contribution in [0.5, 0.6) is 0 Å². The lowest BCUT2D eigenvalue weighted by Crippen LogP contribution is -2.23. The van der Waals surface area contributed by atoms with Crippen molar-refractivity contribution in [2.45, 2.75) is 13.5 Å². The second kappa shape index (κ2) is 8.25. The van der Waals surface area contributed by atoms with Crippen molar-refractivity contribution in [2.24, 2.45) is 0 Å². The van der Waals surface area contributed by atoms with Crippen LogP contribution in [0.2, 0.25) is 0 Å². The number of benzene rings is 1. The fraction of sp³-hybridized carbons (Fsp3) is 0.190. The van der Waals surface area contributed by atoms with Gasteiger partial charge in [0.2, 0.25) is 5.91 Å². The van der Waals surface area contributed by atoms with Crippen molar-refractivity contribution in [1.82, 2.24) is 19.7 Å². The quantitative estimate of drug-likeness (QED) is 0.642. The fourth-order valence-corrected chi connectivity index (χ4v) is 2.58. The van der Waals surface area contributed by atoms with Crippen LogP contribution in [0.25, 0.3) is 17.3 Å². The molecule has 5 nitrogen and oxygen atoms in total. The largest absolute Gasteiger partial charge is 0.343 e. The summed E-state index contributed by atoms with van der Waals surface area (Å²) in [5.74, 6) is -0.0274. The Morgan fingerprint density at radius 1 is 1.19 bits per heavy atom. The summed E-state index contributed by atoms with van der Waals surface area (Å²) in [5.41, 5.74) is 3.81. The van der Waals surface area contributed by atoms with E-state index in [4.69, 9.17) is 5.10 Å². The van der Waals surface area contributed by atoms with Crippen LogP contribution in [0.4, 0.5) is 0 Å². The molecule has 26 heavy (non-hydrogen) atoms. The first kappa shape index (κ1) is 17.6. The van der Waals surface area contributed by atoms with Gasteiger partial charge < -0.3 is 4.90 Å². The van der Waals surface area contributed by atoms with E-state index in [9.17, 15) is 4.79 Å². The number of nitrogens with zero attached hydrogens (tertiary/aromatic N) is 4. The summed E-state index contributed by atoms with van der Waals surface area (Å²) in [6, 6.07) is 14.0. The lowest BCUT2D eigenvalue weighted by atomic mass is 10.1. The van der Waals surface area contributed by atoms with Crippen molar-refractivity contribution in [3.8, 4) is 11.3 Å². The van der Waals surface area contributed by atoms with Gasteiger partial charge in [-0.15, -0.1) is 0 Å². The zero-order valence-electron chi connectivity index (χ0n) is 15.0. The number of carbonyl (C=O) groups is 1. The number of aromatic nitrogens is 3. The standard InChI is InChI=1S/C21H22N4O/c1-3-24(2)20(26)12-11-19-16-25(15-17-8-5-4-6-9-17)23-21(19)18-10-7-13-22-14-18/h4-14,16H,3,15H2,1-2H3/b12-11+. The average Bonchev–Trinajstić information content (AvgIpc) is 3.09. The zero-order chi connectivity index (χ0) is 18.4. The van der Waals surface area contributed by atoms with Crippen LogP contribution in [0.1, 0.15) is 18.1 Å². The molecule has 1 amide bonds. The third-order valence-corrected chi connectivity index (χ3v) is 4.17. The second-order valence-electron chi connectivity index (χ2n) is 6.04. The number of hydrogen-bond acceptors (Lipinski definition) is 3. The van der Waals surface area contributed by atoms with Crippen molar-refractivity contribution < 1.29 is 4.79 Å². The van der Waals surface area contributed by atoms with Gasteiger partial charge in [-0.3, -0.25) is 14.5 Å². The maximum atomic E-state index is 12.1. The van der Waals surface area contributed by atoms with Crippen LogP contribution in [0.15, 0.2) is 67.1 Å². The first-order valence-electron chi connectivity index (χ1n) is 8.62. The van der Waals surface area contributed by atoms with Gasteiger partial charge in [-0.25, -0.2) is 0 Å². The molecular formula is C21H22N4O. The fourth-order valence-electron chi connectivity index (χ4n) is 2.58. The monoisotopic (exact) mass is 346 g/mol. The van der Waals surface area contributed by atoms with Gasteiger partial charge >= 0.3 is 0 Å². The van der Waals surface area contributed by atoms with E-state index < -0.39 is 0 Å². The van der Waals surface area contributed by atoms with Gasteiger partial charge in [0.15, 0.2) is 0 Å². The van der Waals surface area contributed by atoms with Gasteiger partial charge in [-0.1, -0.05) is 30.3 Å². The molecule has 3 aromatic rings. The minimum absolute atomic E-state index is 0.0274. The maximum Gasteiger partial charge on any atom is 0.246 e. The molecule has 0 aliphatic rings. The van der Waals surface area contributed by atoms with E-state index in [1.54, 1.807) is 30.4 Å². The molecule has 0 bridgehead atoms. The van der Waals surface area contributed by atoms with E-state index in [2.05, 4.69) is 17.1 Å². The van der Waals surface area contributed by atoms with E-state index in [0.717, 1.165) is 16.8 Å². The molecule has 0 atom stereocenters. The zero-order valence-corrected chi connectivity index (χ0v) is 15.0. The van der Waals surface area contributed by atoms with Crippen molar-refractivity contribution in [2.75, 3.05) is 13.6 Å². The average molecular weight is 346 g/mol. The van der Waals surface area contributed by atoms with Gasteiger partial charge in [0, 0.05) is 49.4 Å². The van der Waals surface area contributed by atoms with Crippen LogP contribution in [-0.4, -0.2) is 39.2 Å². The molecule has 5 heteroatoms. The summed E-state index contributed by atoms with van der Waals surface area (Å²) in [4.78, 5) is 17.9. The van der Waals surface area contributed by atoms with Crippen molar-refractivity contribution in [1.29, 1.82) is 0 Å². The third-order valence-electron chi connectivity index (χ3n) is 4.17. The first-order chi connectivity index (χ1) is 12.7. The Balaban J connectivity index is 1.93. The summed E-state index contributed by atoms with van der Waals surface area (Å²) < 4.78 is 1.89. The molecule has 132 valence electrons. The Kier molecular flexibility index (Phi) is 5.59. The molecule has 0 saturated carbocycles. The first-order valence-corrected chi connectivity index (χ1v) is 8.62. The minimum atomic E-state index is -0.0274. The Morgan fingerprint density at radius 2 is 2.00 bits per heavy atom. The summed E-state index contributed by atoms with van der Waals surface area (Å²) in [6.45, 7) is 3.29. The highest BCUT2D eigenvalue weighted by Crippen LogP contribution is 2.23. The lowest BCUT2D eigenvalue weighted by Gasteiger charge is -2.10. The Morgan fingerprint density at radius 3 is 2.69 bits per heavy atom. The van der Waals surface area contributed by atoms with Gasteiger partial charge in [-0.05, 0) is 30.7 Å². The van der Waals surface area contributed by atoms with Gasteiger partial charge in [0.25, 0.3) is 0 Å². The number of pyridine rings is 1. The molecular weight excluding hydrogens is 324 g/mol. The molecule has 2 aromatic heterocycles. The summed E-state index contributed by atoms with van der Waals surface area (Å²) in [7, 11) is 1.79. The molecule has 0 unspecified atom stereocenters. The van der Waals surface area contributed by atoms with Crippen LogP contribution in [0, 0.1) is 0 Å². The number of hydrogen-bond donors (Lipinski definition) is 0. The second-order valence-corrected chi connectivity index (χ2v) is 6.04. The molecule has 0 aliphatic heterocycles. The van der Waals surface area contributed by atoms with E-state index in [1.807, 2.05) is 54.2 Å². The third kappa shape index (κ3) is 4.25. The number of likely N-dealkylation sites (N-methyl/N-ethyl adjacent to an activating group) is 1. The predicted octanol–water partition coefficient (Wildman–Crippen LogP) is 3.48. The Labute approximate surface area is 153 Å². The van der Waals surface area contributed by atoms with Crippen LogP contribution in [0.3, 0.4) is 0 Å². The highest BCUT2D eigenvalue weighted by atomic mass is 16.2. The Bertz CT molecular complexity index is 885. The molecule has 0 N–H and O–H groups in total. The summed E-state index contributed by atoms with van der Waals surface area (Å²) in [6.07, 6.45) is 8.90. The normalized spacial score (nSPS) is 11.0. The van der Waals surface area contributed by atoms with Gasteiger partial charge in [-0.2, -0.15) is 5.10 Å². The molecule has 0 aliphatic carbocycles. The summed E-state index contributed by atoms with van der Waals surface area (Å²) in [5, 5.41) is 4.72. The molecule has 0 radical (unpaired) electrons. The van der Waals surface area contributed by atoms with Gasteiger partial charge in [0.1, 0.15) is 5.69 Å². The minimum Gasteiger partial charge on any atom is -0.343 e. The van der Waals surface area contributed by atoms with Crippen LogP contribution < -0.4 is 0 Å². The maximum absolute atomic E-state index is 12.1. The molecule has 0 spiro atoms. The number of carbonyl (C=O) groups excluding carboxylic acids is 1. The topological polar surface area (TPSA) is 51.0 Å². The van der Waals surface area contributed by atoms with Crippen LogP contribution >= 0.6 is 0 Å². The van der Waals surface area contributed by atoms with E-state index in [1.165, 1.54) is 5.56 Å². The number of amides is 1. The molecule has 2 heterocycles. The van der Waals surface area contributed by atoms with Crippen molar-refractivity contribution >= 4 is 12.0 Å². The van der Waals surface area contributed by atoms with Crippen LogP contribution in [-0.2, 0) is 11.3 Å². The smallest absolute Gasteiger partial charge is 0.246 e. The molecule has 1 aromatic carbocycles. The lowest BCUT2D eigenvalue weighted by molar-refractivity contribution is -0.124. The SMILES string of the molecule is CCN(C)C(=O)/C=C/c1cn(Cc2ccccc2)nc1-c1cccnc1. The highest BCUT2D eigenvalue weighted by molar-refractivity contribution is 5.92. The molecule has 0 saturated heterocycles.